The van der Waals surface area contributed by atoms with Crippen molar-refractivity contribution in [3.63, 3.8) is 0 Å². The van der Waals surface area contributed by atoms with E-state index in [4.69, 9.17) is 4.74 Å². The molecule has 2 nitrogen and oxygen atoms in total. The Bertz CT molecular complexity index is 354. The number of rotatable bonds is 7. The van der Waals surface area contributed by atoms with Crippen LogP contribution in [0.15, 0.2) is 28.7 Å². The molecule has 0 heterocycles. The van der Waals surface area contributed by atoms with E-state index in [2.05, 4.69) is 67.1 Å². The van der Waals surface area contributed by atoms with E-state index >= 15 is 0 Å². The Hall–Kier alpha value is -0.380. The van der Waals surface area contributed by atoms with Crippen molar-refractivity contribution in [3.8, 4) is 0 Å². The summed E-state index contributed by atoms with van der Waals surface area (Å²) < 4.78 is 7.24. The van der Waals surface area contributed by atoms with Crippen LogP contribution >= 0.6 is 15.9 Å². The third-order valence-corrected chi connectivity index (χ3v) is 3.66. The summed E-state index contributed by atoms with van der Waals surface area (Å²) in [5.74, 6) is 0. The molecule has 0 radical (unpaired) electrons. The average molecular weight is 314 g/mol. The van der Waals surface area contributed by atoms with Crippen LogP contribution in [0.5, 0.6) is 0 Å². The molecule has 0 saturated carbocycles. The van der Waals surface area contributed by atoms with Gasteiger partial charge in [-0.05, 0) is 25.0 Å². The van der Waals surface area contributed by atoms with Crippen LogP contribution in [0, 0.1) is 0 Å². The molecule has 0 aliphatic rings. The molecule has 1 rings (SSSR count). The average Bonchev–Trinajstić information content (AvgIpc) is 2.34. The molecule has 0 aliphatic heterocycles. The zero-order valence-corrected chi connectivity index (χ0v) is 13.3. The summed E-state index contributed by atoms with van der Waals surface area (Å²) in [5, 5.41) is 3.45. The highest BCUT2D eigenvalue weighted by Crippen LogP contribution is 2.27. The van der Waals surface area contributed by atoms with Gasteiger partial charge in [-0.2, -0.15) is 0 Å². The molecule has 18 heavy (non-hydrogen) atoms. The summed E-state index contributed by atoms with van der Waals surface area (Å²) in [7, 11) is 0. The second-order valence-electron chi connectivity index (χ2n) is 4.93. The zero-order valence-electron chi connectivity index (χ0n) is 11.7. The van der Waals surface area contributed by atoms with E-state index in [1.807, 2.05) is 6.07 Å². The second-order valence-corrected chi connectivity index (χ2v) is 5.78. The van der Waals surface area contributed by atoms with Gasteiger partial charge >= 0.3 is 0 Å². The van der Waals surface area contributed by atoms with Crippen molar-refractivity contribution >= 4 is 15.9 Å². The van der Waals surface area contributed by atoms with Gasteiger partial charge in [0.15, 0.2) is 0 Å². The Morgan fingerprint density at radius 2 is 1.89 bits per heavy atom. The number of benzene rings is 1. The fourth-order valence-electron chi connectivity index (χ4n) is 1.69. The van der Waals surface area contributed by atoms with E-state index < -0.39 is 0 Å². The number of nitrogens with one attached hydrogen (secondary N) is 1. The van der Waals surface area contributed by atoms with Gasteiger partial charge in [0.25, 0.3) is 0 Å². The first-order chi connectivity index (χ1) is 8.54. The molecule has 1 aromatic rings. The minimum Gasteiger partial charge on any atom is -0.369 e. The van der Waals surface area contributed by atoms with Gasteiger partial charge in [-0.15, -0.1) is 0 Å². The maximum Gasteiger partial charge on any atom is 0.0963 e. The smallest absolute Gasteiger partial charge is 0.0963 e. The second kappa shape index (κ2) is 7.93. The fraction of sp³-hybridized carbons (Fsp3) is 0.600. The van der Waals surface area contributed by atoms with Crippen LogP contribution in [0.4, 0.5) is 0 Å². The van der Waals surface area contributed by atoms with Crippen LogP contribution in [0.3, 0.4) is 0 Å². The first kappa shape index (κ1) is 15.7. The quantitative estimate of drug-likeness (QED) is 0.810. The molecule has 2 unspecified atom stereocenters. The van der Waals surface area contributed by atoms with Gasteiger partial charge < -0.3 is 10.1 Å². The van der Waals surface area contributed by atoms with Crippen LogP contribution in [-0.4, -0.2) is 18.7 Å². The summed E-state index contributed by atoms with van der Waals surface area (Å²) in [6.07, 6.45) is 1.40. The van der Waals surface area contributed by atoms with Gasteiger partial charge in [-0.25, -0.2) is 0 Å². The Labute approximate surface area is 119 Å². The summed E-state index contributed by atoms with van der Waals surface area (Å²) in [4.78, 5) is 0. The van der Waals surface area contributed by atoms with E-state index in [9.17, 15) is 0 Å². The van der Waals surface area contributed by atoms with Gasteiger partial charge in [0, 0.05) is 17.1 Å². The Kier molecular flexibility index (Phi) is 6.90. The highest BCUT2D eigenvalue weighted by molar-refractivity contribution is 9.10. The predicted octanol–water partition coefficient (Wildman–Crippen LogP) is 4.30. The SMILES string of the molecule is CCC(C)OC(CNC(C)C)c1ccccc1Br. The van der Waals surface area contributed by atoms with Gasteiger partial charge in [-0.1, -0.05) is 54.9 Å². The fourth-order valence-corrected chi connectivity index (χ4v) is 2.23. The number of hydrogen-bond acceptors (Lipinski definition) is 2. The molecule has 0 spiro atoms. The van der Waals surface area contributed by atoms with Crippen LogP contribution in [0.2, 0.25) is 0 Å². The standard InChI is InChI=1S/C15H24BrNO/c1-5-12(4)18-15(10-17-11(2)3)13-8-6-7-9-14(13)16/h6-9,11-12,15,17H,5,10H2,1-4H3. The van der Waals surface area contributed by atoms with E-state index in [0.29, 0.717) is 6.04 Å². The van der Waals surface area contributed by atoms with Gasteiger partial charge in [0.2, 0.25) is 0 Å². The molecule has 0 saturated heterocycles. The topological polar surface area (TPSA) is 21.3 Å². The largest absolute Gasteiger partial charge is 0.369 e. The third-order valence-electron chi connectivity index (χ3n) is 2.94. The van der Waals surface area contributed by atoms with Crippen molar-refractivity contribution in [2.45, 2.75) is 52.4 Å². The Balaban J connectivity index is 2.79. The van der Waals surface area contributed by atoms with Crippen molar-refractivity contribution < 1.29 is 4.74 Å². The number of hydrogen-bond donors (Lipinski definition) is 1. The monoisotopic (exact) mass is 313 g/mol. The Morgan fingerprint density at radius 1 is 1.22 bits per heavy atom. The molecule has 1 aromatic carbocycles. The lowest BCUT2D eigenvalue weighted by Gasteiger charge is -2.24. The van der Waals surface area contributed by atoms with Crippen LogP contribution < -0.4 is 5.32 Å². The normalized spacial score (nSPS) is 14.8. The van der Waals surface area contributed by atoms with Crippen LogP contribution in [-0.2, 0) is 4.74 Å². The number of halogens is 1. The maximum atomic E-state index is 6.12. The lowest BCUT2D eigenvalue weighted by Crippen LogP contribution is -2.30. The van der Waals surface area contributed by atoms with E-state index in [0.717, 1.165) is 17.4 Å². The molecule has 0 aromatic heterocycles. The molecule has 0 bridgehead atoms. The van der Waals surface area contributed by atoms with Crippen molar-refractivity contribution in [1.82, 2.24) is 5.32 Å². The van der Waals surface area contributed by atoms with Crippen molar-refractivity contribution in [2.75, 3.05) is 6.54 Å². The first-order valence-electron chi connectivity index (χ1n) is 6.67. The van der Waals surface area contributed by atoms with Gasteiger partial charge in [0.05, 0.1) is 12.2 Å². The molecule has 102 valence electrons. The molecule has 0 aliphatic carbocycles. The summed E-state index contributed by atoms with van der Waals surface area (Å²) in [5.41, 5.74) is 1.21. The number of ether oxygens (including phenoxy) is 1. The molecule has 0 amide bonds. The molecule has 3 heteroatoms. The summed E-state index contributed by atoms with van der Waals surface area (Å²) in [6, 6.07) is 8.75. The van der Waals surface area contributed by atoms with Crippen LogP contribution in [0.1, 0.15) is 45.8 Å². The van der Waals surface area contributed by atoms with E-state index in [1.165, 1.54) is 5.56 Å². The lowest BCUT2D eigenvalue weighted by atomic mass is 10.1. The van der Waals surface area contributed by atoms with Crippen molar-refractivity contribution in [1.29, 1.82) is 0 Å². The summed E-state index contributed by atoms with van der Waals surface area (Å²) >= 11 is 3.61. The van der Waals surface area contributed by atoms with Gasteiger partial charge in [0.1, 0.15) is 0 Å². The minimum atomic E-state index is 0.0953. The van der Waals surface area contributed by atoms with Crippen LogP contribution in [0.25, 0.3) is 0 Å². The molecular formula is C15H24BrNO. The summed E-state index contributed by atoms with van der Waals surface area (Å²) in [6.45, 7) is 9.42. The van der Waals surface area contributed by atoms with Gasteiger partial charge in [-0.3, -0.25) is 0 Å². The first-order valence-corrected chi connectivity index (χ1v) is 7.47. The third kappa shape index (κ3) is 5.09. The van der Waals surface area contributed by atoms with Crippen molar-refractivity contribution in [3.05, 3.63) is 34.3 Å². The highest BCUT2D eigenvalue weighted by atomic mass is 79.9. The maximum absolute atomic E-state index is 6.12. The minimum absolute atomic E-state index is 0.0953. The molecule has 1 N–H and O–H groups in total. The lowest BCUT2D eigenvalue weighted by molar-refractivity contribution is -0.00574. The molecule has 0 fully saturated rings. The Morgan fingerprint density at radius 3 is 2.44 bits per heavy atom. The van der Waals surface area contributed by atoms with E-state index in [-0.39, 0.29) is 12.2 Å². The zero-order chi connectivity index (χ0) is 13.5. The van der Waals surface area contributed by atoms with E-state index in [1.54, 1.807) is 0 Å². The highest BCUT2D eigenvalue weighted by Gasteiger charge is 2.17. The predicted molar refractivity (Wildman–Crippen MR) is 80.9 cm³/mol. The molecule has 2 atom stereocenters. The van der Waals surface area contributed by atoms with Crippen molar-refractivity contribution in [2.24, 2.45) is 0 Å². The molecular weight excluding hydrogens is 290 g/mol.